The Kier molecular flexibility index (Phi) is 3.10. The van der Waals surface area contributed by atoms with E-state index in [2.05, 4.69) is 30.3 Å². The van der Waals surface area contributed by atoms with Gasteiger partial charge in [-0.25, -0.2) is 0 Å². The molecule has 0 N–H and O–H groups in total. The molecule has 0 aliphatic rings. The van der Waals surface area contributed by atoms with Crippen LogP contribution in [0, 0.1) is 11.3 Å². The van der Waals surface area contributed by atoms with Gasteiger partial charge in [0.15, 0.2) is 0 Å². The molecular formula is C18H13NO. The van der Waals surface area contributed by atoms with Crippen LogP contribution in [0.5, 0.6) is 5.75 Å². The first-order chi connectivity index (χ1) is 9.83. The summed E-state index contributed by atoms with van der Waals surface area (Å²) >= 11 is 0. The van der Waals surface area contributed by atoms with Crippen LogP contribution in [-0.4, -0.2) is 7.11 Å². The van der Waals surface area contributed by atoms with E-state index in [1.54, 1.807) is 13.2 Å². The Morgan fingerprint density at radius 1 is 0.950 bits per heavy atom. The van der Waals surface area contributed by atoms with E-state index < -0.39 is 0 Å². The molecule has 0 bridgehead atoms. The van der Waals surface area contributed by atoms with Crippen molar-refractivity contribution < 1.29 is 4.74 Å². The van der Waals surface area contributed by atoms with Crippen molar-refractivity contribution in [3.05, 3.63) is 66.2 Å². The van der Waals surface area contributed by atoms with Gasteiger partial charge in [-0.2, -0.15) is 5.26 Å². The molecule has 0 aliphatic heterocycles. The molecule has 3 aromatic rings. The summed E-state index contributed by atoms with van der Waals surface area (Å²) in [6.07, 6.45) is 0. The van der Waals surface area contributed by atoms with Gasteiger partial charge in [-0.3, -0.25) is 0 Å². The van der Waals surface area contributed by atoms with Gasteiger partial charge in [0.25, 0.3) is 0 Å². The molecule has 0 unspecified atom stereocenters. The van der Waals surface area contributed by atoms with Crippen molar-refractivity contribution in [2.45, 2.75) is 0 Å². The number of fused-ring (bicyclic) bond motifs is 1. The van der Waals surface area contributed by atoms with Crippen LogP contribution >= 0.6 is 0 Å². The molecule has 0 spiro atoms. The Morgan fingerprint density at radius 2 is 1.75 bits per heavy atom. The van der Waals surface area contributed by atoms with Crippen molar-refractivity contribution in [2.24, 2.45) is 0 Å². The van der Waals surface area contributed by atoms with Gasteiger partial charge in [0.05, 0.1) is 12.7 Å². The summed E-state index contributed by atoms with van der Waals surface area (Å²) in [6, 6.07) is 22.3. The molecule has 0 saturated carbocycles. The Hall–Kier alpha value is -2.79. The molecule has 20 heavy (non-hydrogen) atoms. The second-order valence-electron chi connectivity index (χ2n) is 4.55. The molecule has 2 nitrogen and oxygen atoms in total. The molecule has 96 valence electrons. The maximum absolute atomic E-state index is 9.05. The molecule has 2 heteroatoms. The van der Waals surface area contributed by atoms with Crippen LogP contribution in [0.3, 0.4) is 0 Å². The lowest BCUT2D eigenvalue weighted by Crippen LogP contribution is -1.89. The molecule has 0 amide bonds. The minimum Gasteiger partial charge on any atom is -0.495 e. The zero-order chi connectivity index (χ0) is 13.9. The number of nitriles is 1. The first kappa shape index (κ1) is 12.3. The fourth-order valence-corrected chi connectivity index (χ4v) is 2.43. The smallest absolute Gasteiger partial charge is 0.137 e. The molecular weight excluding hydrogens is 246 g/mol. The highest BCUT2D eigenvalue weighted by molar-refractivity contribution is 5.96. The first-order valence-corrected chi connectivity index (χ1v) is 6.40. The maximum atomic E-state index is 9.05. The molecule has 0 atom stereocenters. The maximum Gasteiger partial charge on any atom is 0.137 e. The average Bonchev–Trinajstić information content (AvgIpc) is 2.53. The van der Waals surface area contributed by atoms with Crippen molar-refractivity contribution in [1.29, 1.82) is 5.26 Å². The fourth-order valence-electron chi connectivity index (χ4n) is 2.43. The zero-order valence-corrected chi connectivity index (χ0v) is 11.1. The van der Waals surface area contributed by atoms with E-state index in [1.165, 1.54) is 10.8 Å². The normalized spacial score (nSPS) is 10.2. The van der Waals surface area contributed by atoms with Gasteiger partial charge in [-0.05, 0) is 34.0 Å². The van der Waals surface area contributed by atoms with Crippen LogP contribution in [0.15, 0.2) is 60.7 Å². The minimum absolute atomic E-state index is 0.552. The Morgan fingerprint density at radius 3 is 2.55 bits per heavy atom. The number of hydrogen-bond acceptors (Lipinski definition) is 2. The van der Waals surface area contributed by atoms with Gasteiger partial charge in [-0.1, -0.05) is 48.5 Å². The van der Waals surface area contributed by atoms with E-state index in [9.17, 15) is 0 Å². The number of rotatable bonds is 2. The van der Waals surface area contributed by atoms with E-state index in [0.29, 0.717) is 11.3 Å². The van der Waals surface area contributed by atoms with Gasteiger partial charge in [0, 0.05) is 0 Å². The van der Waals surface area contributed by atoms with E-state index >= 15 is 0 Å². The molecule has 0 radical (unpaired) electrons. The second kappa shape index (κ2) is 5.07. The second-order valence-corrected chi connectivity index (χ2v) is 4.55. The summed E-state index contributed by atoms with van der Waals surface area (Å²) in [5.41, 5.74) is 2.75. The lowest BCUT2D eigenvalue weighted by atomic mass is 9.97. The highest BCUT2D eigenvalue weighted by Gasteiger charge is 2.07. The number of hydrogen-bond donors (Lipinski definition) is 0. The third-order valence-corrected chi connectivity index (χ3v) is 3.42. The molecule has 0 aliphatic carbocycles. The lowest BCUT2D eigenvalue weighted by Gasteiger charge is -2.09. The topological polar surface area (TPSA) is 33.0 Å². The van der Waals surface area contributed by atoms with Crippen molar-refractivity contribution in [2.75, 3.05) is 7.11 Å². The largest absolute Gasteiger partial charge is 0.495 e. The summed E-state index contributed by atoms with van der Waals surface area (Å²) in [7, 11) is 1.59. The average molecular weight is 259 g/mol. The van der Waals surface area contributed by atoms with Crippen molar-refractivity contribution in [1.82, 2.24) is 0 Å². The molecule has 3 aromatic carbocycles. The predicted octanol–water partition coefficient (Wildman–Crippen LogP) is 4.39. The quantitative estimate of drug-likeness (QED) is 0.684. The highest BCUT2D eigenvalue weighted by atomic mass is 16.5. The Balaban J connectivity index is 2.24. The molecule has 0 fully saturated rings. The van der Waals surface area contributed by atoms with Crippen LogP contribution in [0.1, 0.15) is 5.56 Å². The first-order valence-electron chi connectivity index (χ1n) is 6.40. The van der Waals surface area contributed by atoms with Crippen LogP contribution in [-0.2, 0) is 0 Å². The molecule has 0 saturated heterocycles. The van der Waals surface area contributed by atoms with E-state index in [4.69, 9.17) is 10.00 Å². The van der Waals surface area contributed by atoms with Gasteiger partial charge >= 0.3 is 0 Å². The van der Waals surface area contributed by atoms with Crippen molar-refractivity contribution in [3.8, 4) is 22.9 Å². The third kappa shape index (κ3) is 2.00. The lowest BCUT2D eigenvalue weighted by molar-refractivity contribution is 0.413. The molecule has 0 heterocycles. The van der Waals surface area contributed by atoms with Gasteiger partial charge in [0.2, 0.25) is 0 Å². The summed E-state index contributed by atoms with van der Waals surface area (Å²) in [5.74, 6) is 0.609. The number of methoxy groups -OCH3 is 1. The van der Waals surface area contributed by atoms with Crippen LogP contribution in [0.2, 0.25) is 0 Å². The van der Waals surface area contributed by atoms with E-state index in [1.807, 2.05) is 30.3 Å². The van der Waals surface area contributed by atoms with Crippen molar-refractivity contribution in [3.63, 3.8) is 0 Å². The van der Waals surface area contributed by atoms with E-state index in [0.717, 1.165) is 11.1 Å². The summed E-state index contributed by atoms with van der Waals surface area (Å²) in [5, 5.41) is 11.5. The predicted molar refractivity (Wildman–Crippen MR) is 80.7 cm³/mol. The number of nitrogens with zero attached hydrogens (tertiary/aromatic N) is 1. The number of benzene rings is 3. The molecule has 3 rings (SSSR count). The SMILES string of the molecule is COc1cc(-c2cccc3ccccc23)ccc1C#N. The van der Waals surface area contributed by atoms with Gasteiger partial charge in [0.1, 0.15) is 11.8 Å². The monoisotopic (exact) mass is 259 g/mol. The highest BCUT2D eigenvalue weighted by Crippen LogP contribution is 2.31. The van der Waals surface area contributed by atoms with Crippen molar-refractivity contribution >= 4 is 10.8 Å². The van der Waals surface area contributed by atoms with Crippen LogP contribution in [0.25, 0.3) is 21.9 Å². The molecule has 0 aromatic heterocycles. The standard InChI is InChI=1S/C18H13NO/c1-20-18-11-14(9-10-15(18)12-19)17-8-4-6-13-5-2-3-7-16(13)17/h2-11H,1H3. The summed E-state index contributed by atoms with van der Waals surface area (Å²) < 4.78 is 5.29. The van der Waals surface area contributed by atoms with Crippen LogP contribution < -0.4 is 4.74 Å². The Labute approximate surface area is 117 Å². The fraction of sp³-hybridized carbons (Fsp3) is 0.0556. The number of ether oxygens (including phenoxy) is 1. The van der Waals surface area contributed by atoms with Gasteiger partial charge in [-0.15, -0.1) is 0 Å². The zero-order valence-electron chi connectivity index (χ0n) is 11.1. The summed E-state index contributed by atoms with van der Waals surface area (Å²) in [4.78, 5) is 0. The Bertz CT molecular complexity index is 810. The third-order valence-electron chi connectivity index (χ3n) is 3.42. The summed E-state index contributed by atoms with van der Waals surface area (Å²) in [6.45, 7) is 0. The van der Waals surface area contributed by atoms with E-state index in [-0.39, 0.29) is 0 Å². The minimum atomic E-state index is 0.552. The van der Waals surface area contributed by atoms with Gasteiger partial charge < -0.3 is 4.74 Å². The van der Waals surface area contributed by atoms with Crippen LogP contribution in [0.4, 0.5) is 0 Å².